The van der Waals surface area contributed by atoms with Gasteiger partial charge >= 0.3 is 0 Å². The van der Waals surface area contributed by atoms with Gasteiger partial charge in [0, 0.05) is 6.07 Å². The van der Waals surface area contributed by atoms with Crippen LogP contribution in [0.4, 0.5) is 5.69 Å². The molecule has 37 heavy (non-hydrogen) atoms. The lowest BCUT2D eigenvalue weighted by Gasteiger charge is -2.26. The molecule has 0 radical (unpaired) electrons. The second-order valence-corrected chi connectivity index (χ2v) is 11.3. The Bertz CT molecular complexity index is 1370. The van der Waals surface area contributed by atoms with Crippen LogP contribution in [0.5, 0.6) is 11.5 Å². The SMILES string of the molecule is COc1ccc(S(=O)(=O)N(CC(=O)N[C@@H](C)c2ccc3c(c2)CCCC3)c2ccc(C)cc2)cc1OC. The number of carbonyl (C=O) groups excluding carboxylic acids is 1. The normalized spacial score (nSPS) is 13.8. The Hall–Kier alpha value is -3.52. The minimum atomic E-state index is -4.10. The number of nitrogens with one attached hydrogen (secondary N) is 1. The van der Waals surface area contributed by atoms with Crippen molar-refractivity contribution in [3.63, 3.8) is 0 Å². The molecule has 0 aromatic heterocycles. The van der Waals surface area contributed by atoms with E-state index in [0.29, 0.717) is 11.4 Å². The van der Waals surface area contributed by atoms with Crippen molar-refractivity contribution < 1.29 is 22.7 Å². The fourth-order valence-corrected chi connectivity index (χ4v) is 6.09. The highest BCUT2D eigenvalue weighted by Gasteiger charge is 2.29. The molecule has 0 aliphatic heterocycles. The quantitative estimate of drug-likeness (QED) is 0.429. The first kappa shape index (κ1) is 26.5. The van der Waals surface area contributed by atoms with Gasteiger partial charge in [0.15, 0.2) is 11.5 Å². The molecule has 0 spiro atoms. The van der Waals surface area contributed by atoms with Gasteiger partial charge in [-0.15, -0.1) is 0 Å². The number of carbonyl (C=O) groups is 1. The second kappa shape index (κ2) is 11.3. The number of aryl methyl sites for hydroxylation is 3. The molecule has 4 rings (SSSR count). The Morgan fingerprint density at radius 3 is 2.27 bits per heavy atom. The van der Waals surface area contributed by atoms with E-state index in [4.69, 9.17) is 9.47 Å². The molecule has 1 N–H and O–H groups in total. The summed E-state index contributed by atoms with van der Waals surface area (Å²) in [4.78, 5) is 13.2. The molecule has 0 saturated heterocycles. The Labute approximate surface area is 219 Å². The van der Waals surface area contributed by atoms with Crippen molar-refractivity contribution in [1.29, 1.82) is 0 Å². The standard InChI is InChI=1S/C29H34N2O5S/c1-20-9-13-25(14-10-20)31(37(33,34)26-15-16-27(35-3)28(18-26)36-4)19-29(32)30-21(2)23-12-11-22-7-5-6-8-24(22)17-23/h9-18,21H,5-8,19H2,1-4H3,(H,30,32)/t21-/m0/s1. The summed E-state index contributed by atoms with van der Waals surface area (Å²) in [5.74, 6) is 0.313. The zero-order valence-corrected chi connectivity index (χ0v) is 22.6. The molecule has 1 aliphatic carbocycles. The van der Waals surface area contributed by atoms with Gasteiger partial charge in [0.05, 0.1) is 30.8 Å². The Morgan fingerprint density at radius 2 is 1.59 bits per heavy atom. The first-order valence-electron chi connectivity index (χ1n) is 12.5. The van der Waals surface area contributed by atoms with E-state index in [0.717, 1.165) is 28.3 Å². The molecule has 0 fully saturated rings. The minimum absolute atomic E-state index is 0.00117. The van der Waals surface area contributed by atoms with Crippen molar-refractivity contribution in [2.75, 3.05) is 25.1 Å². The number of anilines is 1. The van der Waals surface area contributed by atoms with Crippen LogP contribution < -0.4 is 19.1 Å². The lowest BCUT2D eigenvalue weighted by atomic mass is 9.89. The molecule has 3 aromatic rings. The van der Waals surface area contributed by atoms with E-state index >= 15 is 0 Å². The minimum Gasteiger partial charge on any atom is -0.493 e. The summed E-state index contributed by atoms with van der Waals surface area (Å²) in [6, 6.07) is 17.5. The third-order valence-corrected chi connectivity index (χ3v) is 8.57. The summed E-state index contributed by atoms with van der Waals surface area (Å²) in [7, 11) is -1.16. The highest BCUT2D eigenvalue weighted by molar-refractivity contribution is 7.92. The van der Waals surface area contributed by atoms with Crippen molar-refractivity contribution in [2.24, 2.45) is 0 Å². The molecule has 3 aromatic carbocycles. The van der Waals surface area contributed by atoms with Gasteiger partial charge in [0.25, 0.3) is 10.0 Å². The molecule has 1 amide bonds. The highest BCUT2D eigenvalue weighted by atomic mass is 32.2. The van der Waals surface area contributed by atoms with Gasteiger partial charge in [-0.2, -0.15) is 0 Å². The number of amides is 1. The van der Waals surface area contributed by atoms with Crippen LogP contribution in [0.25, 0.3) is 0 Å². The van der Waals surface area contributed by atoms with Crippen LogP contribution in [0.2, 0.25) is 0 Å². The number of sulfonamides is 1. The lowest BCUT2D eigenvalue weighted by Crippen LogP contribution is -2.41. The topological polar surface area (TPSA) is 84.9 Å². The van der Waals surface area contributed by atoms with Crippen LogP contribution in [0.3, 0.4) is 0 Å². The summed E-state index contributed by atoms with van der Waals surface area (Å²) in [5, 5.41) is 2.99. The molecule has 1 atom stereocenters. The Kier molecular flexibility index (Phi) is 8.07. The smallest absolute Gasteiger partial charge is 0.264 e. The number of nitrogens with zero attached hydrogens (tertiary/aromatic N) is 1. The van der Waals surface area contributed by atoms with Gasteiger partial charge in [-0.25, -0.2) is 8.42 Å². The molecule has 196 valence electrons. The van der Waals surface area contributed by atoms with E-state index in [-0.39, 0.29) is 23.2 Å². The number of hydrogen-bond acceptors (Lipinski definition) is 5. The predicted molar refractivity (Wildman–Crippen MR) is 145 cm³/mol. The van der Waals surface area contributed by atoms with Gasteiger partial charge in [0.1, 0.15) is 6.54 Å². The highest BCUT2D eigenvalue weighted by Crippen LogP contribution is 2.32. The average molecular weight is 523 g/mol. The number of ether oxygens (including phenoxy) is 2. The first-order chi connectivity index (χ1) is 17.7. The van der Waals surface area contributed by atoms with Crippen molar-refractivity contribution in [2.45, 2.75) is 50.5 Å². The van der Waals surface area contributed by atoms with Gasteiger partial charge in [-0.1, -0.05) is 35.9 Å². The molecule has 0 saturated carbocycles. The maximum absolute atomic E-state index is 13.8. The molecular weight excluding hydrogens is 488 g/mol. The molecule has 0 heterocycles. The third-order valence-electron chi connectivity index (χ3n) is 6.80. The van der Waals surface area contributed by atoms with Crippen LogP contribution in [0, 0.1) is 6.92 Å². The van der Waals surface area contributed by atoms with Crippen molar-refractivity contribution in [3.05, 3.63) is 82.9 Å². The maximum atomic E-state index is 13.8. The fourth-order valence-electron chi connectivity index (χ4n) is 4.65. The van der Waals surface area contributed by atoms with Gasteiger partial charge in [-0.3, -0.25) is 9.10 Å². The summed E-state index contributed by atoms with van der Waals surface area (Å²) < 4.78 is 39.3. The fraction of sp³-hybridized carbons (Fsp3) is 0.345. The van der Waals surface area contributed by atoms with Crippen LogP contribution in [0.1, 0.15) is 48.1 Å². The number of benzene rings is 3. The Balaban J connectivity index is 1.60. The van der Waals surface area contributed by atoms with Crippen LogP contribution in [0.15, 0.2) is 65.6 Å². The number of fused-ring (bicyclic) bond motifs is 1. The van der Waals surface area contributed by atoms with Crippen LogP contribution in [-0.2, 0) is 27.7 Å². The zero-order valence-electron chi connectivity index (χ0n) is 21.8. The first-order valence-corrected chi connectivity index (χ1v) is 13.9. The van der Waals surface area contributed by atoms with Crippen LogP contribution >= 0.6 is 0 Å². The second-order valence-electron chi connectivity index (χ2n) is 9.39. The lowest BCUT2D eigenvalue weighted by molar-refractivity contribution is -0.120. The summed E-state index contributed by atoms with van der Waals surface area (Å²) in [5.41, 5.74) is 5.11. The molecule has 1 aliphatic rings. The zero-order chi connectivity index (χ0) is 26.6. The molecule has 8 heteroatoms. The number of hydrogen-bond donors (Lipinski definition) is 1. The van der Waals surface area contributed by atoms with E-state index in [1.165, 1.54) is 56.4 Å². The average Bonchev–Trinajstić information content (AvgIpc) is 2.91. The molecule has 0 unspecified atom stereocenters. The molecule has 0 bridgehead atoms. The van der Waals surface area contributed by atoms with Crippen molar-refractivity contribution in [3.8, 4) is 11.5 Å². The summed E-state index contributed by atoms with van der Waals surface area (Å²) >= 11 is 0. The van der Waals surface area contributed by atoms with E-state index in [9.17, 15) is 13.2 Å². The summed E-state index contributed by atoms with van der Waals surface area (Å²) in [6.45, 7) is 3.47. The number of rotatable bonds is 9. The van der Waals surface area contributed by atoms with Crippen LogP contribution in [-0.4, -0.2) is 35.1 Å². The van der Waals surface area contributed by atoms with E-state index < -0.39 is 15.9 Å². The molecular formula is C29H34N2O5S. The third kappa shape index (κ3) is 5.91. The van der Waals surface area contributed by atoms with Gasteiger partial charge in [-0.05, 0) is 80.5 Å². The monoisotopic (exact) mass is 522 g/mol. The summed E-state index contributed by atoms with van der Waals surface area (Å²) in [6.07, 6.45) is 4.53. The number of methoxy groups -OCH3 is 2. The van der Waals surface area contributed by atoms with Gasteiger partial charge in [0.2, 0.25) is 5.91 Å². The maximum Gasteiger partial charge on any atom is 0.264 e. The van der Waals surface area contributed by atoms with E-state index in [1.54, 1.807) is 12.1 Å². The van der Waals surface area contributed by atoms with Crippen molar-refractivity contribution >= 4 is 21.6 Å². The predicted octanol–water partition coefficient (Wildman–Crippen LogP) is 4.96. The van der Waals surface area contributed by atoms with E-state index in [2.05, 4.69) is 17.4 Å². The largest absolute Gasteiger partial charge is 0.493 e. The van der Waals surface area contributed by atoms with Gasteiger partial charge < -0.3 is 14.8 Å². The van der Waals surface area contributed by atoms with E-state index in [1.807, 2.05) is 32.0 Å². The Morgan fingerprint density at radius 1 is 0.919 bits per heavy atom. The molecule has 7 nitrogen and oxygen atoms in total. The van der Waals surface area contributed by atoms with Crippen molar-refractivity contribution in [1.82, 2.24) is 5.32 Å².